The van der Waals surface area contributed by atoms with Gasteiger partial charge in [0.2, 0.25) is 0 Å². The van der Waals surface area contributed by atoms with E-state index in [1.807, 2.05) is 12.1 Å². The van der Waals surface area contributed by atoms with Gasteiger partial charge in [0.1, 0.15) is 21.3 Å². The molecule has 3 rings (SSSR count). The van der Waals surface area contributed by atoms with Crippen molar-refractivity contribution in [2.45, 2.75) is 0 Å². The maximum absolute atomic E-state index is 12.0. The maximum atomic E-state index is 12.0. The second-order valence-corrected chi connectivity index (χ2v) is 5.65. The van der Waals surface area contributed by atoms with Gasteiger partial charge in [-0.15, -0.1) is 11.3 Å². The number of carbonyl (C=O) groups is 2. The van der Waals surface area contributed by atoms with Crippen LogP contribution in [0.1, 0.15) is 19.3 Å². The molecular formula is C18H12O4S. The highest BCUT2D eigenvalue weighted by Crippen LogP contribution is 2.21. The summed E-state index contributed by atoms with van der Waals surface area (Å²) in [4.78, 5) is 24.8. The molecule has 114 valence electrons. The number of thiophene rings is 1. The van der Waals surface area contributed by atoms with Gasteiger partial charge in [-0.2, -0.15) is 0 Å². The standard InChI is InChI=1S/C18H12O4S/c19-17(21-13-7-3-1-4-8-13)15-11-12-16(23-15)18(20)22-14-9-5-2-6-10-14/h1-12H. The van der Waals surface area contributed by atoms with Crippen LogP contribution >= 0.6 is 11.3 Å². The number of benzene rings is 2. The highest BCUT2D eigenvalue weighted by Gasteiger charge is 2.17. The van der Waals surface area contributed by atoms with Gasteiger partial charge in [-0.25, -0.2) is 9.59 Å². The van der Waals surface area contributed by atoms with Gasteiger partial charge in [0.05, 0.1) is 0 Å². The highest BCUT2D eigenvalue weighted by atomic mass is 32.1. The molecule has 0 aliphatic carbocycles. The zero-order chi connectivity index (χ0) is 16.1. The Balaban J connectivity index is 1.68. The number of para-hydroxylation sites is 2. The number of esters is 2. The van der Waals surface area contributed by atoms with Crippen molar-refractivity contribution in [3.63, 3.8) is 0 Å². The topological polar surface area (TPSA) is 52.6 Å². The summed E-state index contributed by atoms with van der Waals surface area (Å²) in [5.41, 5.74) is 0. The summed E-state index contributed by atoms with van der Waals surface area (Å²) in [6.07, 6.45) is 0. The molecule has 0 N–H and O–H groups in total. The Labute approximate surface area is 136 Å². The van der Waals surface area contributed by atoms with Crippen LogP contribution in [0.5, 0.6) is 11.5 Å². The predicted octanol–water partition coefficient (Wildman–Crippen LogP) is 4.19. The van der Waals surface area contributed by atoms with Gasteiger partial charge < -0.3 is 9.47 Å². The molecule has 1 heterocycles. The fraction of sp³-hybridized carbons (Fsp3) is 0. The number of hydrogen-bond donors (Lipinski definition) is 0. The van der Waals surface area contributed by atoms with Crippen molar-refractivity contribution in [2.75, 3.05) is 0 Å². The minimum absolute atomic E-state index is 0.342. The maximum Gasteiger partial charge on any atom is 0.353 e. The van der Waals surface area contributed by atoms with Crippen LogP contribution in [0.4, 0.5) is 0 Å². The van der Waals surface area contributed by atoms with E-state index in [-0.39, 0.29) is 0 Å². The number of rotatable bonds is 4. The lowest BCUT2D eigenvalue weighted by Crippen LogP contribution is -2.07. The summed E-state index contributed by atoms with van der Waals surface area (Å²) in [7, 11) is 0. The van der Waals surface area contributed by atoms with Gasteiger partial charge in [0.15, 0.2) is 0 Å². The smallest absolute Gasteiger partial charge is 0.353 e. The first-order valence-electron chi connectivity index (χ1n) is 6.87. The SMILES string of the molecule is O=C(Oc1ccccc1)c1ccc(C(=O)Oc2ccccc2)s1. The molecule has 0 amide bonds. The third-order valence-electron chi connectivity index (χ3n) is 2.92. The minimum Gasteiger partial charge on any atom is -0.422 e. The largest absolute Gasteiger partial charge is 0.422 e. The molecule has 1 aromatic heterocycles. The molecule has 0 bridgehead atoms. The zero-order valence-corrected chi connectivity index (χ0v) is 12.8. The summed E-state index contributed by atoms with van der Waals surface area (Å²) in [6, 6.07) is 20.6. The van der Waals surface area contributed by atoms with Crippen molar-refractivity contribution < 1.29 is 19.1 Å². The average Bonchev–Trinajstić information content (AvgIpc) is 3.07. The Kier molecular flexibility index (Phi) is 4.49. The van der Waals surface area contributed by atoms with Gasteiger partial charge in [-0.05, 0) is 36.4 Å². The quantitative estimate of drug-likeness (QED) is 0.533. The molecule has 0 spiro atoms. The van der Waals surface area contributed by atoms with E-state index in [1.54, 1.807) is 60.7 Å². The molecule has 0 radical (unpaired) electrons. The van der Waals surface area contributed by atoms with E-state index in [2.05, 4.69) is 0 Å². The molecule has 23 heavy (non-hydrogen) atoms. The van der Waals surface area contributed by atoms with Crippen molar-refractivity contribution in [1.82, 2.24) is 0 Å². The van der Waals surface area contributed by atoms with E-state index >= 15 is 0 Å². The van der Waals surface area contributed by atoms with Crippen LogP contribution in [0, 0.1) is 0 Å². The van der Waals surface area contributed by atoms with Crippen molar-refractivity contribution in [3.05, 3.63) is 82.6 Å². The fourth-order valence-electron chi connectivity index (χ4n) is 1.85. The van der Waals surface area contributed by atoms with Crippen molar-refractivity contribution >= 4 is 23.3 Å². The van der Waals surface area contributed by atoms with Gasteiger partial charge >= 0.3 is 11.9 Å². The summed E-state index contributed by atoms with van der Waals surface area (Å²) in [5, 5.41) is 0. The van der Waals surface area contributed by atoms with Gasteiger partial charge in [-0.1, -0.05) is 36.4 Å². The van der Waals surface area contributed by atoms with Crippen molar-refractivity contribution in [2.24, 2.45) is 0 Å². The molecule has 0 aliphatic heterocycles. The minimum atomic E-state index is -0.500. The Morgan fingerprint density at radius 1 is 0.609 bits per heavy atom. The lowest BCUT2D eigenvalue weighted by atomic mass is 10.3. The molecule has 3 aromatic rings. The molecule has 5 heteroatoms. The summed E-state index contributed by atoms with van der Waals surface area (Å²) in [6.45, 7) is 0. The number of hydrogen-bond acceptors (Lipinski definition) is 5. The van der Waals surface area contributed by atoms with E-state index in [9.17, 15) is 9.59 Å². The summed E-state index contributed by atoms with van der Waals surface area (Å²) in [5.74, 6) is -0.0847. The monoisotopic (exact) mass is 324 g/mol. The lowest BCUT2D eigenvalue weighted by molar-refractivity contribution is 0.0732. The van der Waals surface area contributed by atoms with Gasteiger partial charge in [0, 0.05) is 0 Å². The van der Waals surface area contributed by atoms with Crippen LogP contribution in [-0.4, -0.2) is 11.9 Å². The van der Waals surface area contributed by atoms with E-state index in [0.717, 1.165) is 11.3 Å². The number of ether oxygens (including phenoxy) is 2. The van der Waals surface area contributed by atoms with E-state index in [1.165, 1.54) is 0 Å². The third kappa shape index (κ3) is 3.84. The first kappa shape index (κ1) is 15.0. The van der Waals surface area contributed by atoms with Gasteiger partial charge in [-0.3, -0.25) is 0 Å². The normalized spacial score (nSPS) is 10.1. The molecule has 0 unspecified atom stereocenters. The first-order valence-corrected chi connectivity index (χ1v) is 7.68. The number of carbonyl (C=O) groups excluding carboxylic acids is 2. The molecule has 0 saturated carbocycles. The second kappa shape index (κ2) is 6.89. The lowest BCUT2D eigenvalue weighted by Gasteiger charge is -2.02. The highest BCUT2D eigenvalue weighted by molar-refractivity contribution is 7.15. The summed E-state index contributed by atoms with van der Waals surface area (Å²) >= 11 is 1.04. The zero-order valence-electron chi connectivity index (χ0n) is 12.0. The van der Waals surface area contributed by atoms with Crippen LogP contribution in [0.15, 0.2) is 72.8 Å². The van der Waals surface area contributed by atoms with Crippen LogP contribution in [-0.2, 0) is 0 Å². The molecule has 0 saturated heterocycles. The molecule has 2 aromatic carbocycles. The molecule has 0 fully saturated rings. The van der Waals surface area contributed by atoms with Crippen LogP contribution in [0.25, 0.3) is 0 Å². The Hall–Kier alpha value is -2.92. The molecule has 4 nitrogen and oxygen atoms in total. The third-order valence-corrected chi connectivity index (χ3v) is 3.96. The van der Waals surface area contributed by atoms with Crippen LogP contribution in [0.3, 0.4) is 0 Å². The average molecular weight is 324 g/mol. The fourth-order valence-corrected chi connectivity index (χ4v) is 2.61. The first-order chi connectivity index (χ1) is 11.2. The molecule has 0 atom stereocenters. The predicted molar refractivity (Wildman–Crippen MR) is 87.1 cm³/mol. The van der Waals surface area contributed by atoms with E-state index < -0.39 is 11.9 Å². The Morgan fingerprint density at radius 3 is 1.39 bits per heavy atom. The van der Waals surface area contributed by atoms with Crippen LogP contribution in [0.2, 0.25) is 0 Å². The Bertz CT molecular complexity index is 741. The summed E-state index contributed by atoms with van der Waals surface area (Å²) < 4.78 is 10.5. The van der Waals surface area contributed by atoms with Crippen molar-refractivity contribution in [1.29, 1.82) is 0 Å². The van der Waals surface area contributed by atoms with Crippen LogP contribution < -0.4 is 9.47 Å². The van der Waals surface area contributed by atoms with Crippen molar-refractivity contribution in [3.8, 4) is 11.5 Å². The van der Waals surface area contributed by atoms with Gasteiger partial charge in [0.25, 0.3) is 0 Å². The molecular weight excluding hydrogens is 312 g/mol. The van der Waals surface area contributed by atoms with E-state index in [4.69, 9.17) is 9.47 Å². The molecule has 0 aliphatic rings. The Morgan fingerprint density at radius 2 is 1.00 bits per heavy atom. The second-order valence-electron chi connectivity index (χ2n) is 4.57. The van der Waals surface area contributed by atoms with E-state index in [0.29, 0.717) is 21.3 Å².